The van der Waals surface area contributed by atoms with Gasteiger partial charge in [-0.1, -0.05) is 12.8 Å². The van der Waals surface area contributed by atoms with Crippen LogP contribution < -0.4 is 15.0 Å². The van der Waals surface area contributed by atoms with Gasteiger partial charge in [0, 0.05) is 11.6 Å². The van der Waals surface area contributed by atoms with E-state index in [0.717, 1.165) is 35.7 Å². The number of hydrogen-bond acceptors (Lipinski definition) is 3. The number of anilines is 1. The molecule has 0 saturated heterocycles. The topological polar surface area (TPSA) is 60.6 Å². The molecule has 7 heteroatoms. The van der Waals surface area contributed by atoms with Gasteiger partial charge in [-0.05, 0) is 38.0 Å². The Balaban J connectivity index is 1.59. The van der Waals surface area contributed by atoms with Crippen molar-refractivity contribution in [3.63, 3.8) is 0 Å². The van der Waals surface area contributed by atoms with Crippen LogP contribution >= 0.6 is 0 Å². The normalized spacial score (nSPS) is 15.7. The summed E-state index contributed by atoms with van der Waals surface area (Å²) in [5.74, 6) is 0.559. The van der Waals surface area contributed by atoms with Gasteiger partial charge in [0.1, 0.15) is 12.4 Å². The molecule has 1 unspecified atom stereocenters. The van der Waals surface area contributed by atoms with E-state index in [-0.39, 0.29) is 17.5 Å². The van der Waals surface area contributed by atoms with E-state index in [1.807, 2.05) is 23.7 Å². The van der Waals surface area contributed by atoms with Crippen molar-refractivity contribution in [3.8, 4) is 5.75 Å². The van der Waals surface area contributed by atoms with Crippen LogP contribution in [0.15, 0.2) is 30.5 Å². The van der Waals surface area contributed by atoms with E-state index in [1.165, 1.54) is 26.0 Å². The number of halogens is 1. The van der Waals surface area contributed by atoms with E-state index in [0.29, 0.717) is 19.1 Å². The summed E-state index contributed by atoms with van der Waals surface area (Å²) in [5.41, 5.74) is 0.842. The number of amides is 1. The van der Waals surface area contributed by atoms with E-state index in [4.69, 9.17) is 4.74 Å². The summed E-state index contributed by atoms with van der Waals surface area (Å²) < 4.78 is 20.8. The minimum absolute atomic E-state index is 0.0550. The molecule has 0 aliphatic heterocycles. The van der Waals surface area contributed by atoms with Crippen LogP contribution in [0.5, 0.6) is 5.75 Å². The van der Waals surface area contributed by atoms with Gasteiger partial charge in [0.2, 0.25) is 0 Å². The summed E-state index contributed by atoms with van der Waals surface area (Å²) in [6.07, 6.45) is 6.38. The van der Waals surface area contributed by atoms with E-state index in [2.05, 4.69) is 10.4 Å². The zero-order chi connectivity index (χ0) is 19.2. The Morgan fingerprint density at radius 3 is 2.81 bits per heavy atom. The number of carbonyl (C=O) groups excluding carboxylic acids is 1. The van der Waals surface area contributed by atoms with Gasteiger partial charge < -0.3 is 15.0 Å². The monoisotopic (exact) mass is 375 g/mol. The van der Waals surface area contributed by atoms with Crippen LogP contribution in [0.2, 0.25) is 0 Å². The van der Waals surface area contributed by atoms with Gasteiger partial charge in [-0.3, -0.25) is 4.79 Å². The zero-order valence-electron chi connectivity index (χ0n) is 16.0. The summed E-state index contributed by atoms with van der Waals surface area (Å²) >= 11 is 0. The first-order valence-corrected chi connectivity index (χ1v) is 9.60. The number of nitrogens with one attached hydrogen (secondary N) is 2. The molecular weight excluding hydrogens is 347 g/mol. The Morgan fingerprint density at radius 2 is 2.15 bits per heavy atom. The van der Waals surface area contributed by atoms with E-state index in [9.17, 15) is 9.18 Å². The molecular formula is C20H28FN4O2+. The number of benzene rings is 1. The Bertz CT molecular complexity index is 771. The number of carbonyl (C=O) groups is 1. The highest BCUT2D eigenvalue weighted by Crippen LogP contribution is 2.31. The number of hydrogen-bond donors (Lipinski definition) is 2. The third kappa shape index (κ3) is 4.86. The van der Waals surface area contributed by atoms with E-state index >= 15 is 0 Å². The number of ether oxygens (including phenoxy) is 1. The van der Waals surface area contributed by atoms with Crippen LogP contribution in [-0.2, 0) is 11.3 Å². The summed E-state index contributed by atoms with van der Waals surface area (Å²) in [4.78, 5) is 13.6. The lowest BCUT2D eigenvalue weighted by Gasteiger charge is -2.19. The number of nitrogens with zero attached hydrogens (tertiary/aromatic N) is 2. The highest BCUT2D eigenvalue weighted by molar-refractivity contribution is 5.90. The second-order valence-electron chi connectivity index (χ2n) is 7.07. The van der Waals surface area contributed by atoms with Gasteiger partial charge >= 0.3 is 0 Å². The standard InChI is InChI=1S/C20H27FN4O2/c1-3-24(13-15-8-9-18(27-2)17(21)12-15)14-20(26)23-19-10-11-22-25(19)16-6-4-5-7-16/h8-12,16H,3-7,13-14H2,1-2H3,(H,23,26)/p+1. The maximum Gasteiger partial charge on any atom is 0.280 e. The lowest BCUT2D eigenvalue weighted by atomic mass is 10.2. The van der Waals surface area contributed by atoms with Crippen LogP contribution in [-0.4, -0.2) is 35.9 Å². The fourth-order valence-corrected chi connectivity index (χ4v) is 3.69. The summed E-state index contributed by atoms with van der Waals surface area (Å²) in [6, 6.07) is 7.16. The Labute approximate surface area is 159 Å². The van der Waals surface area contributed by atoms with E-state index in [1.54, 1.807) is 12.3 Å². The third-order valence-corrected chi connectivity index (χ3v) is 5.19. The number of aromatic nitrogens is 2. The molecule has 1 heterocycles. The Morgan fingerprint density at radius 1 is 1.37 bits per heavy atom. The van der Waals surface area contributed by atoms with Crippen molar-refractivity contribution in [3.05, 3.63) is 41.8 Å². The van der Waals surface area contributed by atoms with Gasteiger partial charge in [-0.15, -0.1) is 0 Å². The Kier molecular flexibility index (Phi) is 6.45. The molecule has 1 amide bonds. The lowest BCUT2D eigenvalue weighted by molar-refractivity contribution is -0.903. The number of rotatable bonds is 8. The SMILES string of the molecule is CC[NH+](CC(=O)Nc1ccnn1C1CCCC1)Cc1ccc(OC)c(F)c1. The van der Waals surface area contributed by atoms with Gasteiger partial charge in [-0.2, -0.15) is 5.10 Å². The van der Waals surface area contributed by atoms with Crippen LogP contribution in [0.1, 0.15) is 44.2 Å². The molecule has 6 nitrogen and oxygen atoms in total. The lowest BCUT2D eigenvalue weighted by Crippen LogP contribution is -3.11. The first kappa shape index (κ1) is 19.4. The van der Waals surface area contributed by atoms with Crippen molar-refractivity contribution in [2.24, 2.45) is 0 Å². The van der Waals surface area contributed by atoms with Crippen molar-refractivity contribution < 1.29 is 18.8 Å². The van der Waals surface area contributed by atoms with Gasteiger partial charge in [-0.25, -0.2) is 9.07 Å². The molecule has 3 rings (SSSR count). The summed E-state index contributed by atoms with van der Waals surface area (Å²) in [6.45, 7) is 3.68. The fourth-order valence-electron chi connectivity index (χ4n) is 3.69. The van der Waals surface area contributed by atoms with Crippen molar-refractivity contribution in [1.82, 2.24) is 9.78 Å². The second kappa shape index (κ2) is 8.99. The van der Waals surface area contributed by atoms with Gasteiger partial charge in [0.05, 0.1) is 25.9 Å². The van der Waals surface area contributed by atoms with Crippen LogP contribution in [0.4, 0.5) is 10.2 Å². The smallest absolute Gasteiger partial charge is 0.280 e. The molecule has 1 aromatic heterocycles. The molecule has 146 valence electrons. The molecule has 1 aliphatic rings. The minimum Gasteiger partial charge on any atom is -0.494 e. The summed E-state index contributed by atoms with van der Waals surface area (Å²) in [5, 5.41) is 7.38. The maximum atomic E-state index is 13.9. The average molecular weight is 375 g/mol. The van der Waals surface area contributed by atoms with Crippen molar-refractivity contribution in [2.45, 2.75) is 45.2 Å². The van der Waals surface area contributed by atoms with Crippen molar-refractivity contribution in [2.75, 3.05) is 25.5 Å². The zero-order valence-corrected chi connectivity index (χ0v) is 16.0. The highest BCUT2D eigenvalue weighted by atomic mass is 19.1. The number of methoxy groups -OCH3 is 1. The number of quaternary nitrogens is 1. The molecule has 1 aromatic carbocycles. The van der Waals surface area contributed by atoms with E-state index < -0.39 is 0 Å². The highest BCUT2D eigenvalue weighted by Gasteiger charge is 2.21. The molecule has 1 aliphatic carbocycles. The molecule has 2 aromatic rings. The second-order valence-corrected chi connectivity index (χ2v) is 7.07. The van der Waals surface area contributed by atoms with Crippen molar-refractivity contribution >= 4 is 11.7 Å². The number of likely N-dealkylation sites (N-methyl/N-ethyl adjacent to an activating group) is 1. The fraction of sp³-hybridized carbons (Fsp3) is 0.500. The average Bonchev–Trinajstić information content (AvgIpc) is 3.32. The van der Waals surface area contributed by atoms with Crippen molar-refractivity contribution in [1.29, 1.82) is 0 Å². The molecule has 0 spiro atoms. The van der Waals surface area contributed by atoms with Crippen LogP contribution in [0.25, 0.3) is 0 Å². The van der Waals surface area contributed by atoms with Crippen LogP contribution in [0, 0.1) is 5.82 Å². The molecule has 1 fully saturated rings. The first-order valence-electron chi connectivity index (χ1n) is 9.60. The first-order chi connectivity index (χ1) is 13.1. The van der Waals surface area contributed by atoms with Crippen LogP contribution in [0.3, 0.4) is 0 Å². The Hall–Kier alpha value is -2.41. The predicted octanol–water partition coefficient (Wildman–Crippen LogP) is 2.19. The molecule has 0 radical (unpaired) electrons. The quantitative estimate of drug-likeness (QED) is 0.744. The molecule has 1 saturated carbocycles. The molecule has 1 atom stereocenters. The van der Waals surface area contributed by atoms with Gasteiger partial charge in [0.15, 0.2) is 18.1 Å². The third-order valence-electron chi connectivity index (χ3n) is 5.19. The summed E-state index contributed by atoms with van der Waals surface area (Å²) in [7, 11) is 1.45. The minimum atomic E-state index is -0.379. The molecule has 2 N–H and O–H groups in total. The molecule has 27 heavy (non-hydrogen) atoms. The maximum absolute atomic E-state index is 13.9. The predicted molar refractivity (Wildman–Crippen MR) is 101 cm³/mol. The largest absolute Gasteiger partial charge is 0.494 e. The molecule has 0 bridgehead atoms. The van der Waals surface area contributed by atoms with Gasteiger partial charge in [0.25, 0.3) is 5.91 Å².